The smallest absolute Gasteiger partial charge is 0.255 e. The molecular formula is C17H16N4O2. The molecule has 2 aromatic carbocycles. The summed E-state index contributed by atoms with van der Waals surface area (Å²) < 4.78 is 4.94. The Morgan fingerprint density at radius 1 is 1.17 bits per heavy atom. The van der Waals surface area contributed by atoms with Crippen molar-refractivity contribution in [3.8, 4) is 0 Å². The SMILES string of the molecule is Cc1nc(Cc2ccc(C(=O)Nc3ccccc3N)cc2)no1. The van der Waals surface area contributed by atoms with Gasteiger partial charge in [0.1, 0.15) is 0 Å². The lowest BCUT2D eigenvalue weighted by molar-refractivity contribution is 0.102. The van der Waals surface area contributed by atoms with Crippen LogP contribution in [0.15, 0.2) is 53.1 Å². The van der Waals surface area contributed by atoms with Crippen LogP contribution in [0.25, 0.3) is 0 Å². The second-order valence-corrected chi connectivity index (χ2v) is 5.14. The van der Waals surface area contributed by atoms with Crippen LogP contribution in [0.3, 0.4) is 0 Å². The topological polar surface area (TPSA) is 94.0 Å². The van der Waals surface area contributed by atoms with Gasteiger partial charge in [-0.1, -0.05) is 29.4 Å². The maximum Gasteiger partial charge on any atom is 0.255 e. The van der Waals surface area contributed by atoms with Crippen molar-refractivity contribution in [2.24, 2.45) is 0 Å². The van der Waals surface area contributed by atoms with Gasteiger partial charge in [0.25, 0.3) is 5.91 Å². The molecule has 0 aliphatic heterocycles. The number of nitrogens with one attached hydrogen (secondary N) is 1. The molecule has 116 valence electrons. The molecule has 23 heavy (non-hydrogen) atoms. The second-order valence-electron chi connectivity index (χ2n) is 5.14. The van der Waals surface area contributed by atoms with Gasteiger partial charge >= 0.3 is 0 Å². The van der Waals surface area contributed by atoms with Crippen molar-refractivity contribution in [1.29, 1.82) is 0 Å². The number of amides is 1. The molecule has 0 aliphatic carbocycles. The molecule has 0 fully saturated rings. The van der Waals surface area contributed by atoms with E-state index >= 15 is 0 Å². The predicted molar refractivity (Wildman–Crippen MR) is 87.1 cm³/mol. The fourth-order valence-corrected chi connectivity index (χ4v) is 2.17. The zero-order chi connectivity index (χ0) is 16.2. The van der Waals surface area contributed by atoms with E-state index in [1.165, 1.54) is 0 Å². The number of anilines is 2. The molecule has 0 spiro atoms. The minimum Gasteiger partial charge on any atom is -0.397 e. The number of para-hydroxylation sites is 2. The first-order valence-corrected chi connectivity index (χ1v) is 7.16. The van der Waals surface area contributed by atoms with Gasteiger partial charge in [0.15, 0.2) is 5.82 Å². The normalized spacial score (nSPS) is 10.5. The van der Waals surface area contributed by atoms with Crippen molar-refractivity contribution >= 4 is 17.3 Å². The maximum atomic E-state index is 12.2. The summed E-state index contributed by atoms with van der Waals surface area (Å²) in [5, 5.41) is 6.65. The molecule has 3 rings (SSSR count). The molecular weight excluding hydrogens is 292 g/mol. The highest BCUT2D eigenvalue weighted by Crippen LogP contribution is 2.18. The van der Waals surface area contributed by atoms with Crippen LogP contribution >= 0.6 is 0 Å². The summed E-state index contributed by atoms with van der Waals surface area (Å²) in [5.41, 5.74) is 8.51. The average Bonchev–Trinajstić information content (AvgIpc) is 2.95. The van der Waals surface area contributed by atoms with Crippen molar-refractivity contribution in [3.05, 3.63) is 71.4 Å². The Balaban J connectivity index is 1.69. The molecule has 6 heteroatoms. The van der Waals surface area contributed by atoms with Crippen molar-refractivity contribution in [1.82, 2.24) is 10.1 Å². The molecule has 0 atom stereocenters. The summed E-state index contributed by atoms with van der Waals surface area (Å²) in [6.45, 7) is 1.75. The molecule has 1 amide bonds. The van der Waals surface area contributed by atoms with E-state index in [4.69, 9.17) is 10.3 Å². The van der Waals surface area contributed by atoms with Crippen LogP contribution in [0, 0.1) is 6.92 Å². The van der Waals surface area contributed by atoms with E-state index < -0.39 is 0 Å². The molecule has 0 aliphatic rings. The molecule has 0 saturated carbocycles. The number of carbonyl (C=O) groups excluding carboxylic acids is 1. The van der Waals surface area contributed by atoms with Crippen molar-refractivity contribution < 1.29 is 9.32 Å². The number of rotatable bonds is 4. The fourth-order valence-electron chi connectivity index (χ4n) is 2.17. The van der Waals surface area contributed by atoms with Crippen LogP contribution < -0.4 is 11.1 Å². The van der Waals surface area contributed by atoms with E-state index in [0.29, 0.717) is 35.1 Å². The minimum atomic E-state index is -0.204. The van der Waals surface area contributed by atoms with Crippen molar-refractivity contribution in [3.63, 3.8) is 0 Å². The predicted octanol–water partition coefficient (Wildman–Crippen LogP) is 2.80. The Labute approximate surface area is 133 Å². The number of benzene rings is 2. The van der Waals surface area contributed by atoms with Gasteiger partial charge in [0, 0.05) is 18.9 Å². The van der Waals surface area contributed by atoms with Crippen molar-refractivity contribution in [2.75, 3.05) is 11.1 Å². The standard InChI is InChI=1S/C17H16N4O2/c1-11-19-16(21-23-11)10-12-6-8-13(9-7-12)17(22)20-15-5-3-2-4-14(15)18/h2-9H,10,18H2,1H3,(H,20,22). The van der Waals surface area contributed by atoms with E-state index in [-0.39, 0.29) is 5.91 Å². The van der Waals surface area contributed by atoms with E-state index in [9.17, 15) is 4.79 Å². The van der Waals surface area contributed by atoms with Gasteiger partial charge in [-0.2, -0.15) is 4.98 Å². The van der Waals surface area contributed by atoms with Crippen LogP contribution in [-0.4, -0.2) is 16.0 Å². The third-order valence-corrected chi connectivity index (χ3v) is 3.36. The number of aryl methyl sites for hydroxylation is 1. The number of nitrogens with zero attached hydrogens (tertiary/aromatic N) is 2. The summed E-state index contributed by atoms with van der Waals surface area (Å²) in [6, 6.07) is 14.4. The number of nitrogen functional groups attached to an aromatic ring is 1. The van der Waals surface area contributed by atoms with Gasteiger partial charge in [0.05, 0.1) is 11.4 Å². The lowest BCUT2D eigenvalue weighted by Crippen LogP contribution is -2.13. The van der Waals surface area contributed by atoms with E-state index in [1.807, 2.05) is 24.3 Å². The van der Waals surface area contributed by atoms with Crippen LogP contribution in [0.2, 0.25) is 0 Å². The maximum absolute atomic E-state index is 12.2. The highest BCUT2D eigenvalue weighted by molar-refractivity contribution is 6.05. The van der Waals surface area contributed by atoms with Crippen LogP contribution in [-0.2, 0) is 6.42 Å². The highest BCUT2D eigenvalue weighted by Gasteiger charge is 2.09. The largest absolute Gasteiger partial charge is 0.397 e. The number of aromatic nitrogens is 2. The van der Waals surface area contributed by atoms with Gasteiger partial charge in [-0.3, -0.25) is 4.79 Å². The molecule has 0 radical (unpaired) electrons. The van der Waals surface area contributed by atoms with Crippen LogP contribution in [0.5, 0.6) is 0 Å². The molecule has 6 nitrogen and oxygen atoms in total. The second kappa shape index (κ2) is 6.31. The minimum absolute atomic E-state index is 0.204. The lowest BCUT2D eigenvalue weighted by atomic mass is 10.1. The van der Waals surface area contributed by atoms with Crippen LogP contribution in [0.1, 0.15) is 27.6 Å². The van der Waals surface area contributed by atoms with Gasteiger partial charge in [-0.15, -0.1) is 0 Å². The first-order valence-electron chi connectivity index (χ1n) is 7.16. The average molecular weight is 308 g/mol. The van der Waals surface area contributed by atoms with E-state index in [1.54, 1.807) is 31.2 Å². The molecule has 0 unspecified atom stereocenters. The Morgan fingerprint density at radius 3 is 2.57 bits per heavy atom. The first-order chi connectivity index (χ1) is 11.1. The van der Waals surface area contributed by atoms with Gasteiger partial charge in [-0.05, 0) is 29.8 Å². The molecule has 3 aromatic rings. The molecule has 3 N–H and O–H groups in total. The highest BCUT2D eigenvalue weighted by atomic mass is 16.5. The summed E-state index contributed by atoms with van der Waals surface area (Å²) in [5.74, 6) is 0.957. The Bertz CT molecular complexity index is 825. The Kier molecular flexibility index (Phi) is 4.05. The lowest BCUT2D eigenvalue weighted by Gasteiger charge is -2.08. The van der Waals surface area contributed by atoms with Crippen LogP contribution in [0.4, 0.5) is 11.4 Å². The summed E-state index contributed by atoms with van der Waals surface area (Å²) in [6.07, 6.45) is 0.560. The Morgan fingerprint density at radius 2 is 1.91 bits per heavy atom. The quantitative estimate of drug-likeness (QED) is 0.723. The van der Waals surface area contributed by atoms with Crippen molar-refractivity contribution in [2.45, 2.75) is 13.3 Å². The van der Waals surface area contributed by atoms with Gasteiger partial charge < -0.3 is 15.6 Å². The zero-order valence-electron chi connectivity index (χ0n) is 12.6. The van der Waals surface area contributed by atoms with Gasteiger partial charge in [-0.25, -0.2) is 0 Å². The molecule has 1 aromatic heterocycles. The third-order valence-electron chi connectivity index (χ3n) is 3.36. The molecule has 0 bridgehead atoms. The zero-order valence-corrected chi connectivity index (χ0v) is 12.6. The number of hydrogen-bond acceptors (Lipinski definition) is 5. The summed E-state index contributed by atoms with van der Waals surface area (Å²) in [7, 11) is 0. The third kappa shape index (κ3) is 3.55. The molecule has 0 saturated heterocycles. The fraction of sp³-hybridized carbons (Fsp3) is 0.118. The van der Waals surface area contributed by atoms with E-state index in [0.717, 1.165) is 5.56 Å². The number of hydrogen-bond donors (Lipinski definition) is 2. The number of nitrogens with two attached hydrogens (primary N) is 1. The molecule has 1 heterocycles. The summed E-state index contributed by atoms with van der Waals surface area (Å²) in [4.78, 5) is 16.4. The monoisotopic (exact) mass is 308 g/mol. The summed E-state index contributed by atoms with van der Waals surface area (Å²) >= 11 is 0. The number of carbonyl (C=O) groups is 1. The van der Waals surface area contributed by atoms with Gasteiger partial charge in [0.2, 0.25) is 5.89 Å². The van der Waals surface area contributed by atoms with E-state index in [2.05, 4.69) is 15.5 Å². The first kappa shape index (κ1) is 14.8. The Hall–Kier alpha value is -3.15.